The van der Waals surface area contributed by atoms with Crippen molar-refractivity contribution >= 4 is 23.5 Å². The molecular formula is C18H22ClN5. The second-order valence-corrected chi connectivity index (χ2v) is 7.34. The highest BCUT2D eigenvalue weighted by Gasteiger charge is 2.28. The third kappa shape index (κ3) is 3.96. The number of benzene rings is 1. The van der Waals surface area contributed by atoms with Gasteiger partial charge in [-0.15, -0.1) is 0 Å². The Labute approximate surface area is 147 Å². The van der Waals surface area contributed by atoms with Gasteiger partial charge in [-0.3, -0.25) is 0 Å². The van der Waals surface area contributed by atoms with Gasteiger partial charge in [0, 0.05) is 23.2 Å². The van der Waals surface area contributed by atoms with Gasteiger partial charge in [0.25, 0.3) is 0 Å². The van der Waals surface area contributed by atoms with E-state index in [0.717, 1.165) is 23.9 Å². The fourth-order valence-corrected chi connectivity index (χ4v) is 2.85. The molecule has 0 aliphatic heterocycles. The van der Waals surface area contributed by atoms with Crippen molar-refractivity contribution in [2.45, 2.75) is 38.6 Å². The molecule has 2 aliphatic carbocycles. The molecule has 2 N–H and O–H groups in total. The molecule has 4 rings (SSSR count). The molecule has 126 valence electrons. The molecule has 1 aromatic heterocycles. The van der Waals surface area contributed by atoms with Crippen molar-refractivity contribution in [3.63, 3.8) is 0 Å². The van der Waals surface area contributed by atoms with Crippen molar-refractivity contribution in [3.05, 3.63) is 29.3 Å². The van der Waals surface area contributed by atoms with Gasteiger partial charge in [-0.25, -0.2) is 0 Å². The van der Waals surface area contributed by atoms with Crippen LogP contribution in [0.25, 0.3) is 11.4 Å². The minimum Gasteiger partial charge on any atom is -0.354 e. The lowest BCUT2D eigenvalue weighted by molar-refractivity contribution is 0.685. The number of hydrogen-bond acceptors (Lipinski definition) is 5. The maximum atomic E-state index is 5.99. The highest BCUT2D eigenvalue weighted by Crippen LogP contribution is 2.34. The number of anilines is 2. The van der Waals surface area contributed by atoms with E-state index in [1.54, 1.807) is 0 Å². The smallest absolute Gasteiger partial charge is 0.228 e. The summed E-state index contributed by atoms with van der Waals surface area (Å²) in [6.45, 7) is 3.13. The van der Waals surface area contributed by atoms with E-state index in [2.05, 4.69) is 32.5 Å². The SMILES string of the molecule is CC(Nc1nc(NCC2CC2)nc(-c2ccc(Cl)cc2)n1)C1CC1. The van der Waals surface area contributed by atoms with Crippen molar-refractivity contribution in [1.29, 1.82) is 0 Å². The maximum absolute atomic E-state index is 5.99. The van der Waals surface area contributed by atoms with Gasteiger partial charge < -0.3 is 10.6 Å². The zero-order valence-electron chi connectivity index (χ0n) is 13.8. The first-order valence-corrected chi connectivity index (χ1v) is 9.07. The van der Waals surface area contributed by atoms with Crippen LogP contribution >= 0.6 is 11.6 Å². The number of nitrogens with zero attached hydrogens (tertiary/aromatic N) is 3. The van der Waals surface area contributed by atoms with Crippen LogP contribution in [0.15, 0.2) is 24.3 Å². The van der Waals surface area contributed by atoms with E-state index in [0.29, 0.717) is 28.8 Å². The Balaban J connectivity index is 1.59. The Bertz CT molecular complexity index is 710. The average Bonchev–Trinajstić information content (AvgIpc) is 3.47. The van der Waals surface area contributed by atoms with E-state index in [4.69, 9.17) is 11.6 Å². The minimum atomic E-state index is 0.391. The van der Waals surface area contributed by atoms with E-state index >= 15 is 0 Å². The molecule has 1 unspecified atom stereocenters. The van der Waals surface area contributed by atoms with Gasteiger partial charge in [0.05, 0.1) is 0 Å². The van der Waals surface area contributed by atoms with Crippen molar-refractivity contribution in [2.24, 2.45) is 11.8 Å². The molecule has 5 nitrogen and oxygen atoms in total. The van der Waals surface area contributed by atoms with Crippen molar-refractivity contribution in [2.75, 3.05) is 17.2 Å². The van der Waals surface area contributed by atoms with E-state index in [-0.39, 0.29) is 0 Å². The second-order valence-electron chi connectivity index (χ2n) is 6.91. The first-order chi connectivity index (χ1) is 11.7. The van der Waals surface area contributed by atoms with Crippen molar-refractivity contribution in [3.8, 4) is 11.4 Å². The molecule has 6 heteroatoms. The third-order valence-electron chi connectivity index (χ3n) is 4.67. The predicted molar refractivity (Wildman–Crippen MR) is 97.3 cm³/mol. The lowest BCUT2D eigenvalue weighted by Gasteiger charge is -2.14. The molecule has 0 radical (unpaired) electrons. The van der Waals surface area contributed by atoms with Crippen LogP contribution in [0, 0.1) is 11.8 Å². The van der Waals surface area contributed by atoms with Crippen LogP contribution < -0.4 is 10.6 Å². The third-order valence-corrected chi connectivity index (χ3v) is 4.92. The number of nitrogens with one attached hydrogen (secondary N) is 2. The summed E-state index contributed by atoms with van der Waals surface area (Å²) in [6, 6.07) is 7.99. The monoisotopic (exact) mass is 343 g/mol. The largest absolute Gasteiger partial charge is 0.354 e. The van der Waals surface area contributed by atoms with Gasteiger partial charge >= 0.3 is 0 Å². The number of halogens is 1. The van der Waals surface area contributed by atoms with Crippen molar-refractivity contribution < 1.29 is 0 Å². The van der Waals surface area contributed by atoms with E-state index in [1.165, 1.54) is 25.7 Å². The fourth-order valence-electron chi connectivity index (χ4n) is 2.72. The molecule has 0 spiro atoms. The summed E-state index contributed by atoms with van der Waals surface area (Å²) in [6.07, 6.45) is 5.17. The molecule has 1 aromatic carbocycles. The zero-order chi connectivity index (χ0) is 16.5. The van der Waals surface area contributed by atoms with E-state index in [9.17, 15) is 0 Å². The standard InChI is InChI=1S/C18H22ClN5/c1-11(13-4-5-13)21-18-23-16(14-6-8-15(19)9-7-14)22-17(24-18)20-10-12-2-3-12/h6-9,11-13H,2-5,10H2,1H3,(H2,20,21,22,23,24). The van der Waals surface area contributed by atoms with Crippen LogP contribution in [0.2, 0.25) is 5.02 Å². The molecule has 1 heterocycles. The maximum Gasteiger partial charge on any atom is 0.228 e. The Morgan fingerprint density at radius 1 is 1.04 bits per heavy atom. The van der Waals surface area contributed by atoms with Crippen LogP contribution in [-0.4, -0.2) is 27.5 Å². The Kier molecular flexibility index (Phi) is 4.27. The number of hydrogen-bond donors (Lipinski definition) is 2. The van der Waals surface area contributed by atoms with Crippen LogP contribution in [0.3, 0.4) is 0 Å². The molecular weight excluding hydrogens is 322 g/mol. The predicted octanol–water partition coefficient (Wildman–Crippen LogP) is 4.22. The van der Waals surface area contributed by atoms with Gasteiger partial charge in [0.2, 0.25) is 11.9 Å². The topological polar surface area (TPSA) is 62.7 Å². The molecule has 0 bridgehead atoms. The highest BCUT2D eigenvalue weighted by molar-refractivity contribution is 6.30. The minimum absolute atomic E-state index is 0.391. The zero-order valence-corrected chi connectivity index (χ0v) is 14.6. The molecule has 2 aromatic rings. The van der Waals surface area contributed by atoms with Gasteiger partial charge in [0.15, 0.2) is 5.82 Å². The highest BCUT2D eigenvalue weighted by atomic mass is 35.5. The lowest BCUT2D eigenvalue weighted by atomic mass is 10.2. The normalized spacial score (nSPS) is 18.2. The van der Waals surface area contributed by atoms with Gasteiger partial charge in [-0.2, -0.15) is 15.0 Å². The first kappa shape index (κ1) is 15.6. The Morgan fingerprint density at radius 2 is 1.75 bits per heavy atom. The quantitative estimate of drug-likeness (QED) is 0.788. The van der Waals surface area contributed by atoms with Gasteiger partial charge in [-0.1, -0.05) is 11.6 Å². The average molecular weight is 344 g/mol. The molecule has 0 saturated heterocycles. The van der Waals surface area contributed by atoms with E-state index < -0.39 is 0 Å². The first-order valence-electron chi connectivity index (χ1n) is 8.70. The summed E-state index contributed by atoms with van der Waals surface area (Å²) < 4.78 is 0. The van der Waals surface area contributed by atoms with Crippen LogP contribution in [0.5, 0.6) is 0 Å². The Hall–Kier alpha value is -1.88. The molecule has 24 heavy (non-hydrogen) atoms. The van der Waals surface area contributed by atoms with Crippen LogP contribution in [0.4, 0.5) is 11.9 Å². The summed E-state index contributed by atoms with van der Waals surface area (Å²) >= 11 is 5.99. The summed E-state index contributed by atoms with van der Waals surface area (Å²) in [7, 11) is 0. The molecule has 2 fully saturated rings. The lowest BCUT2D eigenvalue weighted by Crippen LogP contribution is -2.20. The molecule has 0 amide bonds. The van der Waals surface area contributed by atoms with Gasteiger partial charge in [-0.05, 0) is 68.7 Å². The fraction of sp³-hybridized carbons (Fsp3) is 0.500. The summed E-state index contributed by atoms with van der Waals surface area (Å²) in [5.74, 6) is 3.47. The van der Waals surface area contributed by atoms with Crippen LogP contribution in [0.1, 0.15) is 32.6 Å². The molecule has 2 saturated carbocycles. The number of aromatic nitrogens is 3. The Morgan fingerprint density at radius 3 is 2.42 bits per heavy atom. The summed E-state index contributed by atoms with van der Waals surface area (Å²) in [5.41, 5.74) is 0.943. The number of rotatable bonds is 7. The van der Waals surface area contributed by atoms with E-state index in [1.807, 2.05) is 24.3 Å². The summed E-state index contributed by atoms with van der Waals surface area (Å²) in [5, 5.41) is 7.51. The summed E-state index contributed by atoms with van der Waals surface area (Å²) in [4.78, 5) is 13.8. The molecule has 2 aliphatic rings. The van der Waals surface area contributed by atoms with Crippen LogP contribution in [-0.2, 0) is 0 Å². The molecule has 1 atom stereocenters. The van der Waals surface area contributed by atoms with Crippen molar-refractivity contribution in [1.82, 2.24) is 15.0 Å². The van der Waals surface area contributed by atoms with Gasteiger partial charge in [0.1, 0.15) is 0 Å². The second kappa shape index (κ2) is 6.55.